The number of methoxy groups -OCH3 is 1. The molecule has 1 aromatic carbocycles. The highest BCUT2D eigenvalue weighted by atomic mass is 32.1. The smallest absolute Gasteiger partial charge is 0.341 e. The molecule has 0 aliphatic carbocycles. The Kier molecular flexibility index (Phi) is 6.12. The highest BCUT2D eigenvalue weighted by Gasteiger charge is 2.20. The van der Waals surface area contributed by atoms with Crippen LogP contribution < -0.4 is 10.6 Å². The van der Waals surface area contributed by atoms with Crippen LogP contribution in [0.25, 0.3) is 0 Å². The van der Waals surface area contributed by atoms with Crippen molar-refractivity contribution < 1.29 is 9.53 Å². The van der Waals surface area contributed by atoms with Gasteiger partial charge in [0, 0.05) is 11.4 Å². The number of hydrogen-bond acceptors (Lipinski definition) is 4. The van der Waals surface area contributed by atoms with E-state index >= 15 is 0 Å². The topological polar surface area (TPSA) is 50.4 Å². The van der Waals surface area contributed by atoms with Gasteiger partial charge < -0.3 is 15.4 Å². The lowest BCUT2D eigenvalue weighted by atomic mass is 10.1. The maximum atomic E-state index is 11.9. The SMILES string of the molecule is COC(=O)c1c(NC(=S)NCCc2ccccc2)sc(C)c1C. The molecule has 2 rings (SSSR count). The maximum absolute atomic E-state index is 11.9. The number of hydrogen-bond donors (Lipinski definition) is 2. The second-order valence-corrected chi connectivity index (χ2v) is 6.73. The van der Waals surface area contributed by atoms with Crippen LogP contribution in [0.15, 0.2) is 30.3 Å². The van der Waals surface area contributed by atoms with Gasteiger partial charge >= 0.3 is 5.97 Å². The number of anilines is 1. The van der Waals surface area contributed by atoms with E-state index in [4.69, 9.17) is 17.0 Å². The zero-order chi connectivity index (χ0) is 16.8. The highest BCUT2D eigenvalue weighted by molar-refractivity contribution is 7.80. The molecule has 0 aliphatic rings. The molecule has 0 unspecified atom stereocenters. The average Bonchev–Trinajstić information content (AvgIpc) is 2.82. The molecule has 0 radical (unpaired) electrons. The first-order valence-corrected chi connectivity index (χ1v) is 8.52. The molecular formula is C17H20N2O2S2. The van der Waals surface area contributed by atoms with Crippen molar-refractivity contribution in [3.8, 4) is 0 Å². The van der Waals surface area contributed by atoms with Crippen LogP contribution in [-0.4, -0.2) is 24.7 Å². The number of thiophene rings is 1. The number of carbonyl (C=O) groups excluding carboxylic acids is 1. The first-order valence-electron chi connectivity index (χ1n) is 7.30. The van der Waals surface area contributed by atoms with Crippen molar-refractivity contribution >= 4 is 39.6 Å². The van der Waals surface area contributed by atoms with E-state index in [1.54, 1.807) is 0 Å². The first-order chi connectivity index (χ1) is 11.0. The Hall–Kier alpha value is -1.92. The van der Waals surface area contributed by atoms with E-state index in [-0.39, 0.29) is 5.97 Å². The summed E-state index contributed by atoms with van der Waals surface area (Å²) in [7, 11) is 1.38. The van der Waals surface area contributed by atoms with Crippen LogP contribution in [0.5, 0.6) is 0 Å². The van der Waals surface area contributed by atoms with Gasteiger partial charge in [0.2, 0.25) is 0 Å². The van der Waals surface area contributed by atoms with E-state index < -0.39 is 0 Å². The minimum atomic E-state index is -0.346. The molecule has 0 bridgehead atoms. The van der Waals surface area contributed by atoms with E-state index in [0.717, 1.165) is 28.4 Å². The summed E-state index contributed by atoms with van der Waals surface area (Å²) in [6.07, 6.45) is 0.884. The summed E-state index contributed by atoms with van der Waals surface area (Å²) in [6, 6.07) is 10.2. The van der Waals surface area contributed by atoms with Crippen molar-refractivity contribution in [2.24, 2.45) is 0 Å². The number of carbonyl (C=O) groups is 1. The van der Waals surface area contributed by atoms with Crippen molar-refractivity contribution in [3.63, 3.8) is 0 Å². The van der Waals surface area contributed by atoms with Gasteiger partial charge in [-0.25, -0.2) is 4.79 Å². The lowest BCUT2D eigenvalue weighted by molar-refractivity contribution is 0.0601. The number of ether oxygens (including phenoxy) is 1. The molecule has 0 aliphatic heterocycles. The number of nitrogens with one attached hydrogen (secondary N) is 2. The number of thiocarbonyl (C=S) groups is 1. The van der Waals surface area contributed by atoms with Crippen LogP contribution in [0.1, 0.15) is 26.4 Å². The van der Waals surface area contributed by atoms with Gasteiger partial charge in [-0.1, -0.05) is 30.3 Å². The van der Waals surface area contributed by atoms with E-state index in [0.29, 0.717) is 10.7 Å². The fourth-order valence-electron chi connectivity index (χ4n) is 2.18. The molecule has 6 heteroatoms. The lowest BCUT2D eigenvalue weighted by Crippen LogP contribution is -2.30. The third-order valence-electron chi connectivity index (χ3n) is 3.54. The molecule has 0 saturated heterocycles. The number of aryl methyl sites for hydroxylation is 1. The van der Waals surface area contributed by atoms with Crippen LogP contribution in [0, 0.1) is 13.8 Å². The summed E-state index contributed by atoms with van der Waals surface area (Å²) in [5.74, 6) is -0.346. The number of rotatable bonds is 5. The van der Waals surface area contributed by atoms with Crippen LogP contribution >= 0.6 is 23.6 Å². The van der Waals surface area contributed by atoms with E-state index in [1.165, 1.54) is 24.0 Å². The van der Waals surface area contributed by atoms with Gasteiger partial charge in [0.1, 0.15) is 5.00 Å². The second-order valence-electron chi connectivity index (χ2n) is 5.10. The molecule has 2 aromatic rings. The normalized spacial score (nSPS) is 10.2. The van der Waals surface area contributed by atoms with Crippen molar-refractivity contribution in [2.75, 3.05) is 19.0 Å². The Balaban J connectivity index is 1.95. The lowest BCUT2D eigenvalue weighted by Gasteiger charge is -2.10. The Morgan fingerprint density at radius 1 is 1.26 bits per heavy atom. The van der Waals surface area contributed by atoms with Gasteiger partial charge in [0.15, 0.2) is 5.11 Å². The summed E-state index contributed by atoms with van der Waals surface area (Å²) in [6.45, 7) is 4.62. The Bertz CT molecular complexity index is 696. The maximum Gasteiger partial charge on any atom is 0.341 e. The molecule has 0 fully saturated rings. The first kappa shape index (κ1) is 17.4. The van der Waals surface area contributed by atoms with Crippen molar-refractivity contribution in [3.05, 3.63) is 51.9 Å². The van der Waals surface area contributed by atoms with E-state index in [2.05, 4.69) is 22.8 Å². The molecule has 0 saturated carbocycles. The van der Waals surface area contributed by atoms with Gasteiger partial charge in [-0.2, -0.15) is 0 Å². The van der Waals surface area contributed by atoms with Crippen LogP contribution in [0.3, 0.4) is 0 Å². The minimum Gasteiger partial charge on any atom is -0.465 e. The van der Waals surface area contributed by atoms with Crippen LogP contribution in [0.2, 0.25) is 0 Å². The van der Waals surface area contributed by atoms with Crippen LogP contribution in [0.4, 0.5) is 5.00 Å². The molecule has 1 aromatic heterocycles. The van der Waals surface area contributed by atoms with Gasteiger partial charge in [-0.15, -0.1) is 11.3 Å². The summed E-state index contributed by atoms with van der Waals surface area (Å²) >= 11 is 6.82. The Morgan fingerprint density at radius 2 is 1.96 bits per heavy atom. The predicted molar refractivity (Wildman–Crippen MR) is 99.5 cm³/mol. The summed E-state index contributed by atoms with van der Waals surface area (Å²) in [4.78, 5) is 13.0. The molecular weight excluding hydrogens is 328 g/mol. The molecule has 0 atom stereocenters. The zero-order valence-corrected chi connectivity index (χ0v) is 15.1. The third kappa shape index (κ3) is 4.53. The monoisotopic (exact) mass is 348 g/mol. The number of esters is 1. The van der Waals surface area contributed by atoms with Gasteiger partial charge in [0.05, 0.1) is 12.7 Å². The van der Waals surface area contributed by atoms with E-state index in [1.807, 2.05) is 32.0 Å². The molecule has 122 valence electrons. The van der Waals surface area contributed by atoms with Crippen molar-refractivity contribution in [2.45, 2.75) is 20.3 Å². The van der Waals surface area contributed by atoms with Gasteiger partial charge in [-0.3, -0.25) is 0 Å². The third-order valence-corrected chi connectivity index (χ3v) is 4.91. The Morgan fingerprint density at radius 3 is 2.61 bits per heavy atom. The standard InChI is InChI=1S/C17H20N2O2S2/c1-11-12(2)23-15(14(11)16(20)21-3)19-17(22)18-10-9-13-7-5-4-6-8-13/h4-8H,9-10H2,1-3H3,(H2,18,19,22). The Labute approximate surface area is 145 Å². The predicted octanol–water partition coefficient (Wildman–Crippen LogP) is 3.68. The van der Waals surface area contributed by atoms with E-state index in [9.17, 15) is 4.79 Å². The van der Waals surface area contributed by atoms with Crippen LogP contribution in [-0.2, 0) is 11.2 Å². The molecule has 0 spiro atoms. The zero-order valence-electron chi connectivity index (χ0n) is 13.4. The highest BCUT2D eigenvalue weighted by Crippen LogP contribution is 2.32. The van der Waals surface area contributed by atoms with Crippen molar-refractivity contribution in [1.82, 2.24) is 5.32 Å². The molecule has 23 heavy (non-hydrogen) atoms. The quantitative estimate of drug-likeness (QED) is 0.638. The number of benzene rings is 1. The molecule has 2 N–H and O–H groups in total. The minimum absolute atomic E-state index is 0.346. The second kappa shape index (κ2) is 8.08. The average molecular weight is 348 g/mol. The fraction of sp³-hybridized carbons (Fsp3) is 0.294. The summed E-state index contributed by atoms with van der Waals surface area (Å²) in [5, 5.41) is 7.51. The summed E-state index contributed by atoms with van der Waals surface area (Å²) in [5.41, 5.74) is 2.74. The van der Waals surface area contributed by atoms with Crippen molar-refractivity contribution in [1.29, 1.82) is 0 Å². The molecule has 0 amide bonds. The molecule has 4 nitrogen and oxygen atoms in total. The fourth-order valence-corrected chi connectivity index (χ4v) is 3.50. The molecule has 1 heterocycles. The van der Waals surface area contributed by atoms with Gasteiger partial charge in [-0.05, 0) is 43.6 Å². The summed E-state index contributed by atoms with van der Waals surface area (Å²) < 4.78 is 4.86. The largest absolute Gasteiger partial charge is 0.465 e. The van der Waals surface area contributed by atoms with Gasteiger partial charge in [0.25, 0.3) is 0 Å².